The van der Waals surface area contributed by atoms with E-state index in [2.05, 4.69) is 15.6 Å². The molecular weight excluding hydrogens is 548 g/mol. The fraction of sp³-hybridized carbons (Fsp3) is 0.680. The van der Waals surface area contributed by atoms with Crippen LogP contribution in [0.3, 0.4) is 0 Å². The molecule has 1 aromatic heterocycles. The molecule has 1 aliphatic heterocycles. The van der Waals surface area contributed by atoms with Gasteiger partial charge >= 0.3 is 0 Å². The van der Waals surface area contributed by atoms with E-state index in [0.717, 1.165) is 38.5 Å². The Labute approximate surface area is 214 Å². The number of halogens is 2. The first kappa shape index (κ1) is 25.3. The van der Waals surface area contributed by atoms with Gasteiger partial charge in [0, 0.05) is 19.3 Å². The van der Waals surface area contributed by atoms with Crippen LogP contribution in [0.5, 0.6) is 0 Å². The summed E-state index contributed by atoms with van der Waals surface area (Å²) < 4.78 is 14.5. The molecule has 1 aromatic rings. The van der Waals surface area contributed by atoms with Crippen molar-refractivity contribution in [3.05, 3.63) is 27.3 Å². The van der Waals surface area contributed by atoms with E-state index >= 15 is 0 Å². The molecule has 34 heavy (non-hydrogen) atoms. The maximum atomic E-state index is 14.4. The second-order valence-electron chi connectivity index (χ2n) is 10.3. The van der Waals surface area contributed by atoms with Gasteiger partial charge in [-0.15, -0.1) is 0 Å². The zero-order chi connectivity index (χ0) is 24.3. The molecule has 186 valence electrons. The van der Waals surface area contributed by atoms with Crippen molar-refractivity contribution >= 4 is 40.4 Å². The van der Waals surface area contributed by atoms with Crippen molar-refractivity contribution in [2.75, 3.05) is 7.05 Å². The van der Waals surface area contributed by atoms with Gasteiger partial charge in [-0.1, -0.05) is 44.9 Å². The highest BCUT2D eigenvalue weighted by Gasteiger charge is 2.49. The van der Waals surface area contributed by atoms with Gasteiger partial charge in [0.15, 0.2) is 11.8 Å². The number of hydrogen-bond acceptors (Lipinski definition) is 4. The van der Waals surface area contributed by atoms with Crippen LogP contribution in [0.25, 0.3) is 0 Å². The topological polar surface area (TPSA) is 98.2 Å². The average Bonchev–Trinajstić information content (AvgIpc) is 3.04. The number of rotatable bonds is 7. The van der Waals surface area contributed by atoms with Crippen molar-refractivity contribution in [1.82, 2.24) is 20.5 Å². The van der Waals surface area contributed by atoms with Crippen LogP contribution in [0.4, 0.5) is 4.39 Å². The molecule has 0 bridgehead atoms. The maximum Gasteiger partial charge on any atom is 0.254 e. The van der Waals surface area contributed by atoms with E-state index in [1.54, 1.807) is 29.6 Å². The molecule has 2 saturated carbocycles. The maximum absolute atomic E-state index is 14.4. The van der Waals surface area contributed by atoms with Crippen LogP contribution in [0.15, 0.2) is 12.3 Å². The second-order valence-corrected chi connectivity index (χ2v) is 11.4. The average molecular weight is 583 g/mol. The van der Waals surface area contributed by atoms with Crippen LogP contribution < -0.4 is 10.6 Å². The first-order valence-electron chi connectivity index (χ1n) is 12.5. The van der Waals surface area contributed by atoms with Gasteiger partial charge in [-0.25, -0.2) is 9.37 Å². The van der Waals surface area contributed by atoms with Crippen LogP contribution in [-0.4, -0.2) is 46.3 Å². The Morgan fingerprint density at radius 3 is 2.71 bits per heavy atom. The molecule has 2 heterocycles. The zero-order valence-corrected chi connectivity index (χ0v) is 22.0. The lowest BCUT2D eigenvalue weighted by Gasteiger charge is -2.36. The Balaban J connectivity index is 1.42. The quantitative estimate of drug-likeness (QED) is 0.323. The van der Waals surface area contributed by atoms with Crippen LogP contribution in [0, 0.1) is 26.8 Å². The summed E-state index contributed by atoms with van der Waals surface area (Å²) in [4.78, 5) is 31.4. The molecule has 0 unspecified atom stereocenters. The smallest absolute Gasteiger partial charge is 0.254 e. The van der Waals surface area contributed by atoms with E-state index in [-0.39, 0.29) is 33.1 Å². The SMILES string of the molecule is CN1C(=N)N[C@](CCC2CCCCC2)(C[C@H]2CCC[C@@H](NC(=O)c3ccnc(I)c3F)C2)C1=O. The number of guanidine groups is 1. The second kappa shape index (κ2) is 10.9. The molecule has 2 amide bonds. The van der Waals surface area contributed by atoms with Gasteiger partial charge in [0.05, 0.1) is 5.56 Å². The van der Waals surface area contributed by atoms with Crippen LogP contribution in [0.2, 0.25) is 0 Å². The molecule has 0 aromatic carbocycles. The highest BCUT2D eigenvalue weighted by atomic mass is 127. The normalized spacial score (nSPS) is 28.1. The molecule has 3 aliphatic rings. The molecule has 2 aliphatic carbocycles. The van der Waals surface area contributed by atoms with Gasteiger partial charge in [-0.2, -0.15) is 0 Å². The van der Waals surface area contributed by atoms with Crippen molar-refractivity contribution in [3.63, 3.8) is 0 Å². The molecule has 0 spiro atoms. The monoisotopic (exact) mass is 583 g/mol. The predicted octanol–water partition coefficient (Wildman–Crippen LogP) is 4.60. The van der Waals surface area contributed by atoms with E-state index in [0.29, 0.717) is 12.3 Å². The van der Waals surface area contributed by atoms with E-state index in [1.165, 1.54) is 49.3 Å². The fourth-order valence-electron chi connectivity index (χ4n) is 6.08. The van der Waals surface area contributed by atoms with Crippen LogP contribution >= 0.6 is 22.6 Å². The molecule has 3 atom stereocenters. The van der Waals surface area contributed by atoms with Crippen LogP contribution in [0.1, 0.15) is 87.4 Å². The number of aromatic nitrogens is 1. The molecule has 1 saturated heterocycles. The molecule has 4 rings (SSSR count). The van der Waals surface area contributed by atoms with E-state index in [4.69, 9.17) is 5.41 Å². The number of carbonyl (C=O) groups is 2. The summed E-state index contributed by atoms with van der Waals surface area (Å²) in [5.41, 5.74) is -0.708. The third-order valence-corrected chi connectivity index (χ3v) is 8.71. The minimum absolute atomic E-state index is 0.00657. The van der Waals surface area contributed by atoms with Gasteiger partial charge in [-0.3, -0.25) is 19.9 Å². The van der Waals surface area contributed by atoms with Gasteiger partial charge < -0.3 is 10.6 Å². The third-order valence-electron chi connectivity index (χ3n) is 7.96. The first-order chi connectivity index (χ1) is 16.3. The van der Waals surface area contributed by atoms with Gasteiger partial charge in [-0.05, 0) is 72.6 Å². The Morgan fingerprint density at radius 1 is 1.26 bits per heavy atom. The van der Waals surface area contributed by atoms with Gasteiger partial charge in [0.1, 0.15) is 9.24 Å². The molecule has 9 heteroatoms. The Bertz CT molecular complexity index is 938. The lowest BCUT2D eigenvalue weighted by atomic mass is 9.74. The summed E-state index contributed by atoms with van der Waals surface area (Å²) in [6.45, 7) is 0. The number of pyridine rings is 1. The predicted molar refractivity (Wildman–Crippen MR) is 137 cm³/mol. The van der Waals surface area contributed by atoms with E-state index < -0.39 is 17.3 Å². The van der Waals surface area contributed by atoms with Gasteiger partial charge in [0.25, 0.3) is 11.8 Å². The van der Waals surface area contributed by atoms with Gasteiger partial charge in [0.2, 0.25) is 0 Å². The number of amides is 2. The number of nitrogens with one attached hydrogen (secondary N) is 3. The molecule has 7 nitrogen and oxygen atoms in total. The number of hydrogen-bond donors (Lipinski definition) is 3. The molecular formula is C25H35FIN5O2. The summed E-state index contributed by atoms with van der Waals surface area (Å²) in [7, 11) is 1.68. The lowest BCUT2D eigenvalue weighted by Crippen LogP contribution is -2.50. The minimum Gasteiger partial charge on any atom is -0.349 e. The summed E-state index contributed by atoms with van der Waals surface area (Å²) in [6.07, 6.45) is 13.7. The minimum atomic E-state index is -0.729. The molecule has 3 N–H and O–H groups in total. The highest BCUT2D eigenvalue weighted by molar-refractivity contribution is 14.1. The number of nitrogens with zero attached hydrogens (tertiary/aromatic N) is 2. The summed E-state index contributed by atoms with van der Waals surface area (Å²) in [5.74, 6) is 0.0919. The summed E-state index contributed by atoms with van der Waals surface area (Å²) in [5, 5.41) is 14.5. The Kier molecular flexibility index (Phi) is 8.09. The van der Waals surface area contributed by atoms with Crippen molar-refractivity contribution in [2.45, 2.75) is 88.6 Å². The van der Waals surface area contributed by atoms with Crippen molar-refractivity contribution in [3.8, 4) is 0 Å². The standard InChI is InChI=1S/C25H35FIN5O2/c1-32-23(34)25(31-24(32)28,12-10-16-6-3-2-4-7-16)15-17-8-5-9-18(14-17)30-22(33)19-11-13-29-21(27)20(19)26/h11,13,16-18H,2-10,12,14-15H2,1H3,(H2,28,31)(H,30,33)/t17-,18+,25+/m0/s1. The first-order valence-corrected chi connectivity index (χ1v) is 13.6. The fourth-order valence-corrected chi connectivity index (χ4v) is 6.53. The summed E-state index contributed by atoms with van der Waals surface area (Å²) in [6, 6.07) is 1.36. The number of likely N-dealkylation sites (N-methyl/N-ethyl adjacent to an activating group) is 1. The summed E-state index contributed by atoms with van der Waals surface area (Å²) >= 11 is 1.79. The van der Waals surface area contributed by atoms with Crippen molar-refractivity contribution in [1.29, 1.82) is 5.41 Å². The van der Waals surface area contributed by atoms with Crippen molar-refractivity contribution < 1.29 is 14.0 Å². The van der Waals surface area contributed by atoms with Crippen molar-refractivity contribution in [2.24, 2.45) is 11.8 Å². The van der Waals surface area contributed by atoms with Crippen LogP contribution in [-0.2, 0) is 4.79 Å². The Hall–Kier alpha value is -1.78. The molecule has 3 fully saturated rings. The third kappa shape index (κ3) is 5.54. The largest absolute Gasteiger partial charge is 0.349 e. The van der Waals surface area contributed by atoms with E-state index in [9.17, 15) is 14.0 Å². The molecule has 0 radical (unpaired) electrons. The Morgan fingerprint density at radius 2 is 2.00 bits per heavy atom. The zero-order valence-electron chi connectivity index (χ0n) is 19.8. The van der Waals surface area contributed by atoms with E-state index in [1.807, 2.05) is 0 Å². The highest BCUT2D eigenvalue weighted by Crippen LogP contribution is 2.38. The lowest BCUT2D eigenvalue weighted by molar-refractivity contribution is -0.131. The number of carbonyl (C=O) groups excluding carboxylic acids is 2.